The number of hydrogen-bond acceptors (Lipinski definition) is 5. The van der Waals surface area contributed by atoms with E-state index in [0.29, 0.717) is 23.7 Å². The molecule has 2 bridgehead atoms. The summed E-state index contributed by atoms with van der Waals surface area (Å²) in [5.74, 6) is 2.18. The van der Waals surface area contributed by atoms with Gasteiger partial charge >= 0.3 is 0 Å². The van der Waals surface area contributed by atoms with E-state index < -0.39 is 0 Å². The van der Waals surface area contributed by atoms with Crippen LogP contribution >= 0.6 is 0 Å². The van der Waals surface area contributed by atoms with Crippen molar-refractivity contribution < 1.29 is 4.92 Å². The fraction of sp³-hybridized carbons (Fsp3) is 0.308. The van der Waals surface area contributed by atoms with Gasteiger partial charge < -0.3 is 0 Å². The zero-order valence-corrected chi connectivity index (χ0v) is 17.4. The van der Waals surface area contributed by atoms with Crippen LogP contribution in [0.25, 0.3) is 0 Å². The second kappa shape index (κ2) is 6.25. The summed E-state index contributed by atoms with van der Waals surface area (Å²) in [7, 11) is 0. The molecule has 1 aliphatic heterocycles. The Bertz CT molecular complexity index is 1190. The van der Waals surface area contributed by atoms with Gasteiger partial charge in [0.2, 0.25) is 0 Å². The van der Waals surface area contributed by atoms with E-state index in [4.69, 9.17) is 5.11 Å². The average Bonchev–Trinajstić information content (AvgIpc) is 3.14. The minimum absolute atomic E-state index is 0.0527. The number of anilines is 1. The van der Waals surface area contributed by atoms with Crippen molar-refractivity contribution in [1.29, 1.82) is 0 Å². The van der Waals surface area contributed by atoms with E-state index >= 15 is 0 Å². The number of nitro benzene ring substituents is 1. The Balaban J connectivity index is 1.28. The van der Waals surface area contributed by atoms with Crippen molar-refractivity contribution in [1.82, 2.24) is 0 Å². The summed E-state index contributed by atoms with van der Waals surface area (Å²) in [6, 6.07) is 29.1. The molecular formula is C26H22N4O2. The molecule has 3 aromatic carbocycles. The van der Waals surface area contributed by atoms with E-state index in [1.165, 1.54) is 17.5 Å². The number of rotatable bonds is 4. The van der Waals surface area contributed by atoms with Crippen LogP contribution in [0.15, 0.2) is 95.3 Å². The first-order valence-corrected chi connectivity index (χ1v) is 11.3. The van der Waals surface area contributed by atoms with Crippen molar-refractivity contribution in [2.45, 2.75) is 23.9 Å². The van der Waals surface area contributed by atoms with Crippen LogP contribution in [0.5, 0.6) is 0 Å². The maximum atomic E-state index is 11.1. The van der Waals surface area contributed by atoms with Crippen LogP contribution in [0, 0.1) is 33.8 Å². The van der Waals surface area contributed by atoms with E-state index in [1.54, 1.807) is 24.3 Å². The molecule has 0 unspecified atom stereocenters. The monoisotopic (exact) mass is 422 g/mol. The topological polar surface area (TPSA) is 71.1 Å². The van der Waals surface area contributed by atoms with E-state index in [-0.39, 0.29) is 28.1 Å². The van der Waals surface area contributed by atoms with Gasteiger partial charge in [0, 0.05) is 17.5 Å². The van der Waals surface area contributed by atoms with Gasteiger partial charge in [-0.25, -0.2) is 5.01 Å². The van der Waals surface area contributed by atoms with Crippen molar-refractivity contribution in [3.05, 3.63) is 106 Å². The maximum Gasteiger partial charge on any atom is 0.269 e. The highest BCUT2D eigenvalue weighted by Gasteiger charge is 2.81. The van der Waals surface area contributed by atoms with Crippen LogP contribution in [-0.2, 0) is 5.41 Å². The molecular weight excluding hydrogens is 400 g/mol. The van der Waals surface area contributed by atoms with Gasteiger partial charge in [-0.2, -0.15) is 5.11 Å². The molecule has 158 valence electrons. The summed E-state index contributed by atoms with van der Waals surface area (Å²) in [5, 5.41) is 22.4. The molecule has 3 fully saturated rings. The molecule has 7 rings (SSSR count). The van der Waals surface area contributed by atoms with E-state index in [0.717, 1.165) is 5.69 Å². The van der Waals surface area contributed by atoms with Crippen LogP contribution in [0.1, 0.15) is 17.5 Å². The standard InChI is InChI=1S/C26H22N4O2/c31-30(32)19-13-11-18(12-14-19)29-25-21-15-20(24(25)27-28-29)22-23(21)26(22,16-7-3-1-4-8-16)17-9-5-2-6-10-17/h1-14,20-25H,15H2/t20-,21+,22+,23-,24+,25-/m0/s1. The van der Waals surface area contributed by atoms with Gasteiger partial charge in [-0.3, -0.25) is 10.1 Å². The minimum atomic E-state index is -0.363. The first kappa shape index (κ1) is 18.1. The first-order valence-electron chi connectivity index (χ1n) is 11.3. The number of nitro groups is 1. The summed E-state index contributed by atoms with van der Waals surface area (Å²) in [6.07, 6.45) is 1.19. The molecule has 3 saturated carbocycles. The summed E-state index contributed by atoms with van der Waals surface area (Å²) in [4.78, 5) is 10.7. The third-order valence-electron chi connectivity index (χ3n) is 8.42. The van der Waals surface area contributed by atoms with Crippen LogP contribution < -0.4 is 5.01 Å². The zero-order valence-electron chi connectivity index (χ0n) is 17.4. The normalized spacial score (nSPS) is 32.6. The van der Waals surface area contributed by atoms with Crippen molar-refractivity contribution >= 4 is 11.4 Å². The molecule has 4 aliphatic rings. The highest BCUT2D eigenvalue weighted by Crippen LogP contribution is 2.79. The Morgan fingerprint density at radius 3 is 2.03 bits per heavy atom. The molecule has 3 aliphatic carbocycles. The maximum absolute atomic E-state index is 11.1. The quantitative estimate of drug-likeness (QED) is 0.417. The number of nitrogens with zero attached hydrogens (tertiary/aromatic N) is 4. The Hall–Kier alpha value is -3.54. The second-order valence-corrected chi connectivity index (χ2v) is 9.52. The van der Waals surface area contributed by atoms with Gasteiger partial charge in [0.05, 0.1) is 22.7 Å². The SMILES string of the molecule is O=[N+]([O-])c1ccc(N2N=N[C@@H]3[C@H]4C[C@@H]([C@@H]32)[C@H]2[C@@H]4C2(c2ccccc2)c2ccccc2)cc1. The lowest BCUT2D eigenvalue weighted by molar-refractivity contribution is -0.384. The molecule has 3 aromatic rings. The van der Waals surface area contributed by atoms with Crippen LogP contribution in [0.3, 0.4) is 0 Å². The molecule has 32 heavy (non-hydrogen) atoms. The third kappa shape index (κ3) is 2.14. The molecule has 0 spiro atoms. The second-order valence-electron chi connectivity index (χ2n) is 9.52. The molecule has 0 N–H and O–H groups in total. The molecule has 0 aromatic heterocycles. The van der Waals surface area contributed by atoms with Gasteiger partial charge in [-0.15, -0.1) is 0 Å². The van der Waals surface area contributed by atoms with Gasteiger partial charge in [-0.05, 0) is 53.4 Å². The molecule has 6 atom stereocenters. The summed E-state index contributed by atoms with van der Waals surface area (Å²) in [6.45, 7) is 0. The van der Waals surface area contributed by atoms with Crippen LogP contribution in [0.4, 0.5) is 11.4 Å². The lowest BCUT2D eigenvalue weighted by Crippen LogP contribution is -2.40. The molecule has 6 nitrogen and oxygen atoms in total. The Morgan fingerprint density at radius 1 is 0.844 bits per heavy atom. The Labute approximate surface area is 185 Å². The van der Waals surface area contributed by atoms with Crippen molar-refractivity contribution in [2.24, 2.45) is 34.0 Å². The molecule has 6 heteroatoms. The summed E-state index contributed by atoms with van der Waals surface area (Å²) in [5.41, 5.74) is 3.87. The lowest BCUT2D eigenvalue weighted by Gasteiger charge is -2.29. The lowest BCUT2D eigenvalue weighted by atomic mass is 9.78. The zero-order chi connectivity index (χ0) is 21.4. The van der Waals surface area contributed by atoms with Crippen LogP contribution in [-0.4, -0.2) is 17.0 Å². The van der Waals surface area contributed by atoms with Gasteiger partial charge in [0.25, 0.3) is 5.69 Å². The fourth-order valence-electron chi connectivity index (χ4n) is 7.44. The largest absolute Gasteiger partial charge is 0.269 e. The average molecular weight is 422 g/mol. The number of hydrogen-bond donors (Lipinski definition) is 0. The van der Waals surface area contributed by atoms with Crippen molar-refractivity contribution in [3.8, 4) is 0 Å². The van der Waals surface area contributed by atoms with Gasteiger partial charge in [-0.1, -0.05) is 65.9 Å². The van der Waals surface area contributed by atoms with Gasteiger partial charge in [0.1, 0.15) is 0 Å². The first-order chi connectivity index (χ1) is 15.7. The van der Waals surface area contributed by atoms with Crippen molar-refractivity contribution in [3.63, 3.8) is 0 Å². The Kier molecular flexibility index (Phi) is 3.53. The summed E-state index contributed by atoms with van der Waals surface area (Å²) >= 11 is 0. The van der Waals surface area contributed by atoms with E-state index in [1.807, 2.05) is 5.01 Å². The third-order valence-corrected chi connectivity index (χ3v) is 8.42. The predicted octanol–water partition coefficient (Wildman–Crippen LogP) is 5.40. The number of fused-ring (bicyclic) bond motifs is 8. The minimum Gasteiger partial charge on any atom is -0.258 e. The fourth-order valence-corrected chi connectivity index (χ4v) is 7.44. The predicted molar refractivity (Wildman–Crippen MR) is 120 cm³/mol. The summed E-state index contributed by atoms with van der Waals surface area (Å²) < 4.78 is 0. The van der Waals surface area contributed by atoms with Gasteiger partial charge in [0.15, 0.2) is 0 Å². The van der Waals surface area contributed by atoms with Crippen LogP contribution in [0.2, 0.25) is 0 Å². The molecule has 0 radical (unpaired) electrons. The smallest absolute Gasteiger partial charge is 0.258 e. The van der Waals surface area contributed by atoms with Crippen molar-refractivity contribution in [2.75, 3.05) is 5.01 Å². The molecule has 1 heterocycles. The number of non-ortho nitro benzene ring substituents is 1. The van der Waals surface area contributed by atoms with E-state index in [2.05, 4.69) is 65.9 Å². The highest BCUT2D eigenvalue weighted by atomic mass is 16.6. The number of benzene rings is 3. The highest BCUT2D eigenvalue weighted by molar-refractivity contribution is 5.57. The molecule has 0 amide bonds. The molecule has 0 saturated heterocycles. The Morgan fingerprint density at radius 2 is 1.44 bits per heavy atom. The van der Waals surface area contributed by atoms with E-state index in [9.17, 15) is 10.1 Å².